The van der Waals surface area contributed by atoms with Crippen LogP contribution in [0.4, 0.5) is 5.69 Å². The summed E-state index contributed by atoms with van der Waals surface area (Å²) >= 11 is 0. The predicted octanol–water partition coefficient (Wildman–Crippen LogP) is 4.11. The number of sulfone groups is 1. The van der Waals surface area contributed by atoms with Crippen LogP contribution in [0.5, 0.6) is 0 Å². The first-order valence-electron chi connectivity index (χ1n) is 7.86. The van der Waals surface area contributed by atoms with Crippen LogP contribution in [0.2, 0.25) is 0 Å². The van der Waals surface area contributed by atoms with Crippen LogP contribution in [0.25, 0.3) is 21.7 Å². The van der Waals surface area contributed by atoms with Crippen molar-refractivity contribution in [3.63, 3.8) is 0 Å². The van der Waals surface area contributed by atoms with Gasteiger partial charge in [-0.1, -0.05) is 36.4 Å². The van der Waals surface area contributed by atoms with Gasteiger partial charge in [-0.2, -0.15) is 0 Å². The van der Waals surface area contributed by atoms with Crippen molar-refractivity contribution < 1.29 is 8.42 Å². The van der Waals surface area contributed by atoms with Crippen LogP contribution in [-0.4, -0.2) is 13.4 Å². The van der Waals surface area contributed by atoms with Crippen molar-refractivity contribution in [3.8, 4) is 0 Å². The number of benzene rings is 3. The van der Waals surface area contributed by atoms with E-state index in [0.717, 1.165) is 21.7 Å². The van der Waals surface area contributed by atoms with Gasteiger partial charge in [-0.05, 0) is 48.2 Å². The summed E-state index contributed by atoms with van der Waals surface area (Å²) in [5.41, 5.74) is 7.76. The first kappa shape index (κ1) is 15.6. The third-order valence-electron chi connectivity index (χ3n) is 4.35. The molecule has 0 unspecified atom stereocenters. The van der Waals surface area contributed by atoms with Gasteiger partial charge in [-0.15, -0.1) is 0 Å². The number of rotatable bonds is 2. The smallest absolute Gasteiger partial charge is 0.223 e. The zero-order valence-corrected chi connectivity index (χ0v) is 14.4. The molecule has 0 bridgehead atoms. The average Bonchev–Trinajstić information content (AvgIpc) is 2.62. The summed E-state index contributed by atoms with van der Waals surface area (Å²) in [6.07, 6.45) is 0. The molecule has 5 heteroatoms. The summed E-state index contributed by atoms with van der Waals surface area (Å²) in [5.74, 6) is 0. The Hall–Kier alpha value is -2.92. The quantitative estimate of drug-likeness (QED) is 0.437. The number of hydrogen-bond acceptors (Lipinski definition) is 4. The molecule has 0 radical (unpaired) electrons. The van der Waals surface area contributed by atoms with E-state index in [1.165, 1.54) is 12.1 Å². The topological polar surface area (TPSA) is 73.0 Å². The number of aryl methyl sites for hydroxylation is 1. The Morgan fingerprint density at radius 3 is 2.36 bits per heavy atom. The zero-order chi connectivity index (χ0) is 17.6. The molecule has 1 aromatic heterocycles. The van der Waals surface area contributed by atoms with E-state index < -0.39 is 9.84 Å². The Balaban J connectivity index is 2.02. The molecule has 0 amide bonds. The lowest BCUT2D eigenvalue weighted by Crippen LogP contribution is -2.06. The highest BCUT2D eigenvalue weighted by Gasteiger charge is 2.21. The van der Waals surface area contributed by atoms with Crippen molar-refractivity contribution in [3.05, 3.63) is 72.3 Å². The fraction of sp³-hybridized carbons (Fsp3) is 0.0500. The van der Waals surface area contributed by atoms with E-state index in [-0.39, 0.29) is 9.92 Å². The molecule has 0 aliphatic heterocycles. The Labute approximate surface area is 145 Å². The molecule has 124 valence electrons. The minimum atomic E-state index is -3.71. The maximum Gasteiger partial charge on any atom is 0.223 e. The summed E-state index contributed by atoms with van der Waals surface area (Å²) in [7, 11) is -3.71. The van der Waals surface area contributed by atoms with Gasteiger partial charge in [0.2, 0.25) is 9.84 Å². The predicted molar refractivity (Wildman–Crippen MR) is 100 cm³/mol. The number of fused-ring (bicyclic) bond motifs is 3. The lowest BCUT2D eigenvalue weighted by Gasteiger charge is -2.10. The van der Waals surface area contributed by atoms with Crippen LogP contribution in [0, 0.1) is 6.92 Å². The highest BCUT2D eigenvalue weighted by atomic mass is 32.2. The highest BCUT2D eigenvalue weighted by Crippen LogP contribution is 2.29. The van der Waals surface area contributed by atoms with Gasteiger partial charge < -0.3 is 5.73 Å². The van der Waals surface area contributed by atoms with Crippen molar-refractivity contribution in [2.45, 2.75) is 16.8 Å². The summed E-state index contributed by atoms with van der Waals surface area (Å²) in [6, 6.07) is 19.7. The fourth-order valence-electron chi connectivity index (χ4n) is 3.00. The van der Waals surface area contributed by atoms with Gasteiger partial charge in [0.1, 0.15) is 0 Å². The average molecular weight is 348 g/mol. The molecule has 3 aromatic carbocycles. The van der Waals surface area contributed by atoms with E-state index in [1.54, 1.807) is 18.2 Å². The van der Waals surface area contributed by atoms with Gasteiger partial charge in [-0.25, -0.2) is 13.4 Å². The summed E-state index contributed by atoms with van der Waals surface area (Å²) in [5, 5.41) is 2.98. The van der Waals surface area contributed by atoms with Gasteiger partial charge in [0.15, 0.2) is 5.03 Å². The first-order valence-corrected chi connectivity index (χ1v) is 9.35. The standard InChI is InChI=1S/C20H16N2O2S/c1-13-12-19(25(23,24)16-9-7-15(21)8-10-16)22-20-17(13)11-6-14-4-2-3-5-18(14)20/h2-12H,21H2,1H3. The fourth-order valence-corrected chi connectivity index (χ4v) is 4.28. The number of hydrogen-bond donors (Lipinski definition) is 1. The number of aromatic nitrogens is 1. The summed E-state index contributed by atoms with van der Waals surface area (Å²) < 4.78 is 25.9. The minimum Gasteiger partial charge on any atom is -0.399 e. The van der Waals surface area contributed by atoms with Crippen molar-refractivity contribution in [2.75, 3.05) is 5.73 Å². The molecule has 0 fully saturated rings. The van der Waals surface area contributed by atoms with Crippen molar-refractivity contribution >= 4 is 37.2 Å². The molecule has 4 nitrogen and oxygen atoms in total. The summed E-state index contributed by atoms with van der Waals surface area (Å²) in [4.78, 5) is 4.70. The second kappa shape index (κ2) is 5.57. The normalized spacial score (nSPS) is 11.9. The lowest BCUT2D eigenvalue weighted by molar-refractivity contribution is 0.593. The van der Waals surface area contributed by atoms with Crippen LogP contribution < -0.4 is 5.73 Å². The van der Waals surface area contributed by atoms with Crippen LogP contribution in [-0.2, 0) is 9.84 Å². The van der Waals surface area contributed by atoms with Crippen LogP contribution in [0.1, 0.15) is 5.56 Å². The second-order valence-corrected chi connectivity index (χ2v) is 7.93. The molecular weight excluding hydrogens is 332 g/mol. The lowest BCUT2D eigenvalue weighted by atomic mass is 10.0. The molecule has 0 spiro atoms. The Morgan fingerprint density at radius 1 is 0.880 bits per heavy atom. The highest BCUT2D eigenvalue weighted by molar-refractivity contribution is 7.91. The van der Waals surface area contributed by atoms with Crippen LogP contribution in [0.3, 0.4) is 0 Å². The number of anilines is 1. The van der Waals surface area contributed by atoms with E-state index in [1.807, 2.05) is 43.3 Å². The van der Waals surface area contributed by atoms with E-state index in [9.17, 15) is 8.42 Å². The van der Waals surface area contributed by atoms with Gasteiger partial charge in [-0.3, -0.25) is 0 Å². The van der Waals surface area contributed by atoms with Crippen LogP contribution in [0.15, 0.2) is 76.7 Å². The first-order chi connectivity index (χ1) is 12.0. The van der Waals surface area contributed by atoms with E-state index in [2.05, 4.69) is 4.98 Å². The second-order valence-electron chi connectivity index (χ2n) is 6.03. The number of nitrogens with zero attached hydrogens (tertiary/aromatic N) is 1. The van der Waals surface area contributed by atoms with Crippen molar-refractivity contribution in [1.82, 2.24) is 4.98 Å². The third kappa shape index (κ3) is 2.53. The molecule has 4 rings (SSSR count). The number of pyridine rings is 1. The molecule has 0 atom stereocenters. The molecule has 0 aliphatic carbocycles. The molecule has 4 aromatic rings. The van der Waals surface area contributed by atoms with Gasteiger partial charge >= 0.3 is 0 Å². The molecule has 0 saturated heterocycles. The van der Waals surface area contributed by atoms with Crippen molar-refractivity contribution in [2.24, 2.45) is 0 Å². The Kier molecular flexibility index (Phi) is 3.47. The maximum atomic E-state index is 13.0. The van der Waals surface area contributed by atoms with Gasteiger partial charge in [0, 0.05) is 16.5 Å². The van der Waals surface area contributed by atoms with Gasteiger partial charge in [0.05, 0.1) is 10.4 Å². The van der Waals surface area contributed by atoms with E-state index in [4.69, 9.17) is 5.73 Å². The molecular formula is C20H16N2O2S. The molecule has 0 saturated carbocycles. The van der Waals surface area contributed by atoms with Crippen LogP contribution >= 0.6 is 0 Å². The third-order valence-corrected chi connectivity index (χ3v) is 6.01. The molecule has 0 aliphatic rings. The van der Waals surface area contributed by atoms with Crippen molar-refractivity contribution in [1.29, 1.82) is 0 Å². The summed E-state index contributed by atoms with van der Waals surface area (Å²) in [6.45, 7) is 1.90. The van der Waals surface area contributed by atoms with Gasteiger partial charge in [0.25, 0.3) is 0 Å². The van der Waals surface area contributed by atoms with E-state index in [0.29, 0.717) is 11.2 Å². The SMILES string of the molecule is Cc1cc(S(=O)(=O)c2ccc(N)cc2)nc2c1ccc1ccccc12. The van der Waals surface area contributed by atoms with E-state index >= 15 is 0 Å². The maximum absolute atomic E-state index is 13.0. The molecule has 25 heavy (non-hydrogen) atoms. The zero-order valence-electron chi connectivity index (χ0n) is 13.6. The monoisotopic (exact) mass is 348 g/mol. The molecule has 2 N–H and O–H groups in total. The number of nitrogens with two attached hydrogens (primary N) is 1. The minimum absolute atomic E-state index is 0.0543. The Bertz CT molecular complexity index is 1210. The Morgan fingerprint density at radius 2 is 1.60 bits per heavy atom. The largest absolute Gasteiger partial charge is 0.399 e. The number of nitrogen functional groups attached to an aromatic ring is 1. The molecule has 1 heterocycles.